The summed E-state index contributed by atoms with van der Waals surface area (Å²) in [6.45, 7) is 2.44. The molecule has 0 amide bonds. The summed E-state index contributed by atoms with van der Waals surface area (Å²) in [6, 6.07) is 10.8. The van der Waals surface area contributed by atoms with Crippen LogP contribution in [0, 0.1) is 17.0 Å². The highest BCUT2D eigenvalue weighted by atomic mass is 79.9. The Morgan fingerprint density at radius 1 is 1.35 bits per heavy atom. The van der Waals surface area contributed by atoms with Gasteiger partial charge in [-0.15, -0.1) is 0 Å². The van der Waals surface area contributed by atoms with Crippen molar-refractivity contribution < 1.29 is 4.92 Å². The Balaban J connectivity index is 2.29. The molecule has 1 aromatic carbocycles. The molecule has 0 aliphatic heterocycles. The van der Waals surface area contributed by atoms with Crippen molar-refractivity contribution in [1.29, 1.82) is 0 Å². The van der Waals surface area contributed by atoms with Gasteiger partial charge in [-0.25, -0.2) is 0 Å². The molecule has 2 rings (SSSR count). The van der Waals surface area contributed by atoms with Crippen LogP contribution in [0.25, 0.3) is 0 Å². The lowest BCUT2D eigenvalue weighted by molar-refractivity contribution is -0.384. The fourth-order valence-corrected chi connectivity index (χ4v) is 2.33. The number of anilines is 1. The predicted molar refractivity (Wildman–Crippen MR) is 81.9 cm³/mol. The largest absolute Gasteiger partial charge is 0.363 e. The van der Waals surface area contributed by atoms with Gasteiger partial charge in [-0.05, 0) is 31.2 Å². The van der Waals surface area contributed by atoms with Crippen LogP contribution in [-0.4, -0.2) is 17.0 Å². The van der Waals surface area contributed by atoms with Gasteiger partial charge in [-0.1, -0.05) is 22.0 Å². The van der Waals surface area contributed by atoms with Crippen molar-refractivity contribution in [3.8, 4) is 0 Å². The molecule has 0 fully saturated rings. The van der Waals surface area contributed by atoms with Crippen LogP contribution in [0.15, 0.2) is 40.9 Å². The molecule has 1 aromatic heterocycles. The zero-order valence-corrected chi connectivity index (χ0v) is 12.8. The molecule has 6 heteroatoms. The van der Waals surface area contributed by atoms with E-state index in [1.54, 1.807) is 12.1 Å². The first-order valence-corrected chi connectivity index (χ1v) is 6.84. The second-order valence-electron chi connectivity index (χ2n) is 4.52. The van der Waals surface area contributed by atoms with Crippen LogP contribution < -0.4 is 4.90 Å². The average molecular weight is 336 g/mol. The minimum absolute atomic E-state index is 0.0783. The van der Waals surface area contributed by atoms with E-state index in [1.807, 2.05) is 37.1 Å². The first-order chi connectivity index (χ1) is 9.47. The quantitative estimate of drug-likeness (QED) is 0.631. The summed E-state index contributed by atoms with van der Waals surface area (Å²) in [5, 5.41) is 11.1. The maximum atomic E-state index is 11.1. The summed E-state index contributed by atoms with van der Waals surface area (Å²) in [5.74, 6) is 0. The molecule has 0 radical (unpaired) electrons. The van der Waals surface area contributed by atoms with Crippen molar-refractivity contribution in [1.82, 2.24) is 4.98 Å². The summed E-state index contributed by atoms with van der Waals surface area (Å²) >= 11 is 3.25. The lowest BCUT2D eigenvalue weighted by atomic mass is 10.2. The number of hydrogen-bond acceptors (Lipinski definition) is 4. The first-order valence-electron chi connectivity index (χ1n) is 6.05. The minimum Gasteiger partial charge on any atom is -0.363 e. The van der Waals surface area contributed by atoms with E-state index in [0.29, 0.717) is 16.7 Å². The van der Waals surface area contributed by atoms with Gasteiger partial charge in [0.2, 0.25) is 0 Å². The standard InChI is InChI=1S/C14H14BrN3O2/c1-10-4-3-5-12(16-10)9-17(2)13-7-6-11(15)8-14(13)18(19)20/h3-8H,9H2,1-2H3. The first kappa shape index (κ1) is 14.5. The van der Waals surface area contributed by atoms with E-state index in [4.69, 9.17) is 0 Å². The molecule has 0 saturated heterocycles. The SMILES string of the molecule is Cc1cccc(CN(C)c2ccc(Br)cc2[N+](=O)[O-])n1. The lowest BCUT2D eigenvalue weighted by Crippen LogP contribution is -2.18. The van der Waals surface area contributed by atoms with Crippen molar-refractivity contribution in [2.45, 2.75) is 13.5 Å². The third-order valence-corrected chi connectivity index (χ3v) is 3.38. The van der Waals surface area contributed by atoms with E-state index in [0.717, 1.165) is 11.4 Å². The number of hydrogen-bond donors (Lipinski definition) is 0. The second kappa shape index (κ2) is 6.00. The van der Waals surface area contributed by atoms with Crippen LogP contribution in [-0.2, 0) is 6.54 Å². The summed E-state index contributed by atoms with van der Waals surface area (Å²) in [5.41, 5.74) is 2.46. The second-order valence-corrected chi connectivity index (χ2v) is 5.43. The average Bonchev–Trinajstić information content (AvgIpc) is 2.38. The number of aryl methyl sites for hydroxylation is 1. The minimum atomic E-state index is -0.375. The molecular weight excluding hydrogens is 322 g/mol. The van der Waals surface area contributed by atoms with Gasteiger partial charge < -0.3 is 4.90 Å². The van der Waals surface area contributed by atoms with Crippen molar-refractivity contribution in [3.05, 3.63) is 62.4 Å². The van der Waals surface area contributed by atoms with Gasteiger partial charge in [-0.3, -0.25) is 15.1 Å². The van der Waals surface area contributed by atoms with Gasteiger partial charge >= 0.3 is 0 Å². The molecular formula is C14H14BrN3O2. The number of benzene rings is 1. The van der Waals surface area contributed by atoms with E-state index in [9.17, 15) is 10.1 Å². The highest BCUT2D eigenvalue weighted by Gasteiger charge is 2.17. The Hall–Kier alpha value is -1.95. The van der Waals surface area contributed by atoms with Crippen LogP contribution in [0.1, 0.15) is 11.4 Å². The maximum absolute atomic E-state index is 11.1. The highest BCUT2D eigenvalue weighted by Crippen LogP contribution is 2.31. The zero-order valence-electron chi connectivity index (χ0n) is 11.2. The maximum Gasteiger partial charge on any atom is 0.293 e. The molecule has 0 N–H and O–H groups in total. The highest BCUT2D eigenvalue weighted by molar-refractivity contribution is 9.10. The van der Waals surface area contributed by atoms with Gasteiger partial charge in [0.25, 0.3) is 5.69 Å². The van der Waals surface area contributed by atoms with Crippen LogP contribution in [0.5, 0.6) is 0 Å². The van der Waals surface area contributed by atoms with Crippen molar-refractivity contribution in [2.75, 3.05) is 11.9 Å². The number of halogens is 1. The number of nitro benzene ring substituents is 1. The van der Waals surface area contributed by atoms with Gasteiger partial charge in [0, 0.05) is 23.3 Å². The van der Waals surface area contributed by atoms with Crippen LogP contribution in [0.4, 0.5) is 11.4 Å². The Kier molecular flexibility index (Phi) is 4.34. The molecule has 0 aliphatic rings. The molecule has 20 heavy (non-hydrogen) atoms. The number of pyridine rings is 1. The van der Waals surface area contributed by atoms with Gasteiger partial charge in [-0.2, -0.15) is 0 Å². The van der Waals surface area contributed by atoms with E-state index in [2.05, 4.69) is 20.9 Å². The topological polar surface area (TPSA) is 59.3 Å². The van der Waals surface area contributed by atoms with E-state index in [-0.39, 0.29) is 10.6 Å². The molecule has 0 aliphatic carbocycles. The molecule has 2 aromatic rings. The third-order valence-electron chi connectivity index (χ3n) is 2.89. The third kappa shape index (κ3) is 3.33. The predicted octanol–water partition coefficient (Wildman–Crippen LogP) is 3.70. The van der Waals surface area contributed by atoms with Gasteiger partial charge in [0.1, 0.15) is 5.69 Å². The summed E-state index contributed by atoms with van der Waals surface area (Å²) in [7, 11) is 1.82. The molecule has 0 unspecified atom stereocenters. The number of rotatable bonds is 4. The number of nitrogens with zero attached hydrogens (tertiary/aromatic N) is 3. The Bertz CT molecular complexity index is 646. The normalized spacial score (nSPS) is 10.3. The van der Waals surface area contributed by atoms with E-state index in [1.165, 1.54) is 6.07 Å². The van der Waals surface area contributed by atoms with Gasteiger partial charge in [0.15, 0.2) is 0 Å². The monoisotopic (exact) mass is 335 g/mol. The van der Waals surface area contributed by atoms with Gasteiger partial charge in [0.05, 0.1) is 17.2 Å². The fourth-order valence-electron chi connectivity index (χ4n) is 1.98. The smallest absolute Gasteiger partial charge is 0.293 e. The van der Waals surface area contributed by atoms with Crippen LogP contribution in [0.2, 0.25) is 0 Å². The molecule has 1 heterocycles. The number of aromatic nitrogens is 1. The number of nitro groups is 1. The molecule has 5 nitrogen and oxygen atoms in total. The fraction of sp³-hybridized carbons (Fsp3) is 0.214. The Morgan fingerprint density at radius 3 is 2.75 bits per heavy atom. The Labute approximate surface area is 125 Å². The lowest BCUT2D eigenvalue weighted by Gasteiger charge is -2.19. The van der Waals surface area contributed by atoms with Crippen LogP contribution >= 0.6 is 15.9 Å². The summed E-state index contributed by atoms with van der Waals surface area (Å²) in [6.07, 6.45) is 0. The Morgan fingerprint density at radius 2 is 2.10 bits per heavy atom. The van der Waals surface area contributed by atoms with E-state index >= 15 is 0 Å². The van der Waals surface area contributed by atoms with E-state index < -0.39 is 0 Å². The molecule has 104 valence electrons. The van der Waals surface area contributed by atoms with Crippen molar-refractivity contribution in [3.63, 3.8) is 0 Å². The van der Waals surface area contributed by atoms with Crippen molar-refractivity contribution in [2.24, 2.45) is 0 Å². The molecule has 0 spiro atoms. The molecule has 0 atom stereocenters. The summed E-state index contributed by atoms with van der Waals surface area (Å²) in [4.78, 5) is 17.0. The summed E-state index contributed by atoms with van der Waals surface area (Å²) < 4.78 is 0.690. The zero-order chi connectivity index (χ0) is 14.7. The molecule has 0 saturated carbocycles. The van der Waals surface area contributed by atoms with Crippen LogP contribution in [0.3, 0.4) is 0 Å². The molecule has 0 bridgehead atoms. The van der Waals surface area contributed by atoms with Crippen molar-refractivity contribution >= 4 is 27.3 Å².